The molecule has 0 aliphatic carbocycles. The molecular formula is C21H33N3O2. The van der Waals surface area contributed by atoms with Crippen LogP contribution in [0.25, 0.3) is 0 Å². The largest absolute Gasteiger partial charge is 0.444 e. The highest BCUT2D eigenvalue weighted by Crippen LogP contribution is 2.29. The number of hydrogen-bond acceptors (Lipinski definition) is 4. The molecule has 0 spiro atoms. The second-order valence-corrected chi connectivity index (χ2v) is 8.76. The molecule has 5 heteroatoms. The Morgan fingerprint density at radius 2 is 1.77 bits per heavy atom. The quantitative estimate of drug-likeness (QED) is 0.815. The Balaban J connectivity index is 1.40. The number of nitrogens with one attached hydrogen (secondary N) is 1. The Hall–Kier alpha value is -1.75. The number of piperidine rings is 2. The maximum absolute atomic E-state index is 12.4. The number of likely N-dealkylation sites (tertiary alicyclic amines) is 2. The van der Waals surface area contributed by atoms with E-state index in [2.05, 4.69) is 34.5 Å². The van der Waals surface area contributed by atoms with Gasteiger partial charge in [0.1, 0.15) is 5.60 Å². The van der Waals surface area contributed by atoms with E-state index < -0.39 is 5.60 Å². The predicted molar refractivity (Wildman–Crippen MR) is 105 cm³/mol. The fourth-order valence-corrected chi connectivity index (χ4v) is 4.14. The van der Waals surface area contributed by atoms with Crippen LogP contribution in [0.3, 0.4) is 0 Å². The van der Waals surface area contributed by atoms with Crippen molar-refractivity contribution in [3.63, 3.8) is 0 Å². The third kappa shape index (κ3) is 5.63. The van der Waals surface area contributed by atoms with Crippen molar-refractivity contribution in [1.29, 1.82) is 0 Å². The van der Waals surface area contributed by atoms with Crippen molar-refractivity contribution in [2.75, 3.05) is 44.6 Å². The molecule has 2 heterocycles. The van der Waals surface area contributed by atoms with Crippen LogP contribution in [-0.4, -0.2) is 60.8 Å². The molecule has 26 heavy (non-hydrogen) atoms. The molecule has 5 nitrogen and oxygen atoms in total. The smallest absolute Gasteiger partial charge is 0.410 e. The van der Waals surface area contributed by atoms with Crippen LogP contribution < -0.4 is 5.32 Å². The Bertz CT molecular complexity index is 571. The van der Waals surface area contributed by atoms with E-state index in [0.717, 1.165) is 45.7 Å². The Morgan fingerprint density at radius 3 is 2.38 bits per heavy atom. The van der Waals surface area contributed by atoms with Gasteiger partial charge < -0.3 is 19.9 Å². The fourth-order valence-electron chi connectivity index (χ4n) is 4.14. The highest BCUT2D eigenvalue weighted by Gasteiger charge is 2.37. The van der Waals surface area contributed by atoms with Gasteiger partial charge in [0.15, 0.2) is 0 Å². The standard InChI is InChI=1S/C21H33N3O2/c1-21(2,3)26-20(25)24-15-17-12-18(16-24)14-23(13-17)11-7-10-22-19-8-5-4-6-9-19/h4-6,8-9,17-18,22H,7,10-16H2,1-3H3. The minimum atomic E-state index is -0.415. The summed E-state index contributed by atoms with van der Waals surface area (Å²) >= 11 is 0. The summed E-state index contributed by atoms with van der Waals surface area (Å²) in [4.78, 5) is 16.9. The number of benzene rings is 1. The van der Waals surface area contributed by atoms with Gasteiger partial charge in [-0.2, -0.15) is 0 Å². The van der Waals surface area contributed by atoms with Crippen LogP contribution in [0.15, 0.2) is 30.3 Å². The summed E-state index contributed by atoms with van der Waals surface area (Å²) in [6.07, 6.45) is 2.25. The SMILES string of the molecule is CC(C)(C)OC(=O)N1CC2CC(CN(CCCNc3ccccc3)C2)C1. The number of nitrogens with zero attached hydrogens (tertiary/aromatic N) is 2. The molecule has 2 bridgehead atoms. The normalized spacial score (nSPS) is 23.6. The molecule has 0 aromatic heterocycles. The highest BCUT2D eigenvalue weighted by molar-refractivity contribution is 5.68. The van der Waals surface area contributed by atoms with Gasteiger partial charge in [-0.3, -0.25) is 0 Å². The fraction of sp³-hybridized carbons (Fsp3) is 0.667. The van der Waals surface area contributed by atoms with Crippen molar-refractivity contribution in [2.45, 2.75) is 39.2 Å². The van der Waals surface area contributed by atoms with Crippen LogP contribution in [0.4, 0.5) is 10.5 Å². The molecule has 2 unspecified atom stereocenters. The van der Waals surface area contributed by atoms with E-state index in [1.54, 1.807) is 0 Å². The molecule has 2 saturated heterocycles. The molecule has 1 aromatic carbocycles. The topological polar surface area (TPSA) is 44.8 Å². The van der Waals surface area contributed by atoms with Gasteiger partial charge in [-0.1, -0.05) is 18.2 Å². The van der Waals surface area contributed by atoms with Crippen molar-refractivity contribution in [1.82, 2.24) is 9.80 Å². The van der Waals surface area contributed by atoms with Crippen LogP contribution in [-0.2, 0) is 4.74 Å². The van der Waals surface area contributed by atoms with Gasteiger partial charge in [0, 0.05) is 38.4 Å². The van der Waals surface area contributed by atoms with Gasteiger partial charge in [-0.25, -0.2) is 4.79 Å². The molecule has 0 saturated carbocycles. The second kappa shape index (κ2) is 8.30. The number of carbonyl (C=O) groups excluding carboxylic acids is 1. The number of amides is 1. The average molecular weight is 360 g/mol. The lowest BCUT2D eigenvalue weighted by Gasteiger charge is -2.45. The average Bonchev–Trinajstić information content (AvgIpc) is 2.57. The molecule has 2 atom stereocenters. The summed E-state index contributed by atoms with van der Waals surface area (Å²) in [7, 11) is 0. The van der Waals surface area contributed by atoms with Gasteiger partial charge in [0.05, 0.1) is 0 Å². The zero-order valence-electron chi connectivity index (χ0n) is 16.4. The predicted octanol–water partition coefficient (Wildman–Crippen LogP) is 3.68. The van der Waals surface area contributed by atoms with Crippen LogP contribution in [0, 0.1) is 11.8 Å². The summed E-state index contributed by atoms with van der Waals surface area (Å²) < 4.78 is 5.56. The van der Waals surface area contributed by atoms with Crippen LogP contribution in [0.5, 0.6) is 0 Å². The lowest BCUT2D eigenvalue weighted by molar-refractivity contribution is -0.00950. The van der Waals surface area contributed by atoms with E-state index in [4.69, 9.17) is 4.74 Å². The van der Waals surface area contributed by atoms with E-state index in [9.17, 15) is 4.79 Å². The van der Waals surface area contributed by atoms with E-state index in [0.29, 0.717) is 11.8 Å². The molecule has 0 radical (unpaired) electrons. The van der Waals surface area contributed by atoms with Crippen LogP contribution in [0.1, 0.15) is 33.6 Å². The van der Waals surface area contributed by atoms with Crippen molar-refractivity contribution >= 4 is 11.8 Å². The second-order valence-electron chi connectivity index (χ2n) is 8.76. The van der Waals surface area contributed by atoms with Gasteiger partial charge >= 0.3 is 6.09 Å². The molecule has 2 fully saturated rings. The summed E-state index contributed by atoms with van der Waals surface area (Å²) in [5, 5.41) is 3.48. The van der Waals surface area contributed by atoms with Crippen molar-refractivity contribution in [3.8, 4) is 0 Å². The first-order valence-electron chi connectivity index (χ1n) is 9.88. The highest BCUT2D eigenvalue weighted by atomic mass is 16.6. The Morgan fingerprint density at radius 1 is 1.12 bits per heavy atom. The summed E-state index contributed by atoms with van der Waals surface area (Å²) in [5.41, 5.74) is 0.776. The molecule has 1 N–H and O–H groups in total. The molecule has 1 aromatic rings. The minimum absolute atomic E-state index is 0.146. The number of para-hydroxylation sites is 1. The number of ether oxygens (including phenoxy) is 1. The minimum Gasteiger partial charge on any atom is -0.444 e. The van der Waals surface area contributed by atoms with Crippen molar-refractivity contribution < 1.29 is 9.53 Å². The molecule has 1 amide bonds. The Labute approximate surface area is 157 Å². The monoisotopic (exact) mass is 359 g/mol. The van der Waals surface area contributed by atoms with Gasteiger partial charge in [0.25, 0.3) is 0 Å². The lowest BCUT2D eigenvalue weighted by Crippen LogP contribution is -2.54. The van der Waals surface area contributed by atoms with Crippen LogP contribution in [0.2, 0.25) is 0 Å². The molecule has 3 rings (SSSR count). The number of fused-ring (bicyclic) bond motifs is 2. The maximum atomic E-state index is 12.4. The first kappa shape index (κ1) is 19.0. The summed E-state index contributed by atoms with van der Waals surface area (Å²) in [6, 6.07) is 10.4. The van der Waals surface area contributed by atoms with Crippen molar-refractivity contribution in [2.24, 2.45) is 11.8 Å². The zero-order chi connectivity index (χ0) is 18.6. The number of carbonyl (C=O) groups is 1. The van der Waals surface area contributed by atoms with E-state index in [-0.39, 0.29) is 6.09 Å². The van der Waals surface area contributed by atoms with Gasteiger partial charge in [-0.15, -0.1) is 0 Å². The van der Waals surface area contributed by atoms with Crippen molar-refractivity contribution in [3.05, 3.63) is 30.3 Å². The molecular weight excluding hydrogens is 326 g/mol. The maximum Gasteiger partial charge on any atom is 0.410 e. The first-order valence-corrected chi connectivity index (χ1v) is 9.88. The third-order valence-electron chi connectivity index (χ3n) is 5.06. The van der Waals surface area contributed by atoms with E-state index in [1.807, 2.05) is 31.7 Å². The van der Waals surface area contributed by atoms with Gasteiger partial charge in [-0.05, 0) is 64.1 Å². The number of rotatable bonds is 5. The molecule has 144 valence electrons. The number of hydrogen-bond donors (Lipinski definition) is 1. The third-order valence-corrected chi connectivity index (χ3v) is 5.06. The molecule has 2 aliphatic rings. The first-order chi connectivity index (χ1) is 12.4. The lowest BCUT2D eigenvalue weighted by atomic mass is 9.85. The zero-order valence-corrected chi connectivity index (χ0v) is 16.4. The molecule has 2 aliphatic heterocycles. The van der Waals surface area contributed by atoms with E-state index in [1.165, 1.54) is 12.1 Å². The Kier molecular flexibility index (Phi) is 6.07. The number of anilines is 1. The van der Waals surface area contributed by atoms with Gasteiger partial charge in [0.2, 0.25) is 0 Å². The van der Waals surface area contributed by atoms with E-state index >= 15 is 0 Å². The summed E-state index contributed by atoms with van der Waals surface area (Å²) in [5.74, 6) is 1.16. The van der Waals surface area contributed by atoms with Crippen LogP contribution >= 0.6 is 0 Å². The summed E-state index contributed by atoms with van der Waals surface area (Å²) in [6.45, 7) is 11.8.